The lowest BCUT2D eigenvalue weighted by Gasteiger charge is -2.05. The van der Waals surface area contributed by atoms with Crippen molar-refractivity contribution in [2.75, 3.05) is 5.43 Å². The van der Waals surface area contributed by atoms with Crippen LogP contribution in [0.25, 0.3) is 11.3 Å². The Labute approximate surface area is 135 Å². The summed E-state index contributed by atoms with van der Waals surface area (Å²) in [5.74, 6) is 2.45. The van der Waals surface area contributed by atoms with Crippen LogP contribution in [0.15, 0.2) is 45.3 Å². The van der Waals surface area contributed by atoms with Crippen molar-refractivity contribution in [3.8, 4) is 11.3 Å². The van der Waals surface area contributed by atoms with Crippen molar-refractivity contribution in [3.63, 3.8) is 0 Å². The van der Waals surface area contributed by atoms with E-state index in [4.69, 9.17) is 16.6 Å². The van der Waals surface area contributed by atoms with E-state index in [9.17, 15) is 0 Å². The first-order valence-electron chi connectivity index (χ1n) is 6.36. The molecule has 21 heavy (non-hydrogen) atoms. The summed E-state index contributed by atoms with van der Waals surface area (Å²) in [5, 5.41) is 6.77. The molecule has 2 N–H and O–H groups in total. The summed E-state index contributed by atoms with van der Waals surface area (Å²) in [6.45, 7) is 2.40. The normalized spacial score (nSPS) is 10.8. The van der Waals surface area contributed by atoms with E-state index < -0.39 is 0 Å². The average Bonchev–Trinajstić information content (AvgIpc) is 3.06. The van der Waals surface area contributed by atoms with Crippen LogP contribution in [0.1, 0.15) is 11.6 Å². The number of H-pyrrole nitrogens is 1. The molecule has 0 fully saturated rings. The maximum atomic E-state index is 5.83. The van der Waals surface area contributed by atoms with E-state index in [2.05, 4.69) is 31.6 Å². The largest absolute Gasteiger partial charge is 0.459 e. The van der Waals surface area contributed by atoms with Crippen LogP contribution in [0.3, 0.4) is 0 Å². The average molecular weight is 365 g/mol. The SMILES string of the molecule is Cc1n[nH]c(=S)n1NCc1ccc(-c2ccc(Br)cc2)o1. The Morgan fingerprint density at radius 2 is 2.05 bits per heavy atom. The highest BCUT2D eigenvalue weighted by molar-refractivity contribution is 9.10. The number of nitrogens with one attached hydrogen (secondary N) is 2. The van der Waals surface area contributed by atoms with Gasteiger partial charge in [-0.2, -0.15) is 5.10 Å². The van der Waals surface area contributed by atoms with Gasteiger partial charge in [0, 0.05) is 10.0 Å². The number of aryl methyl sites for hydroxylation is 1. The van der Waals surface area contributed by atoms with Crippen molar-refractivity contribution in [1.29, 1.82) is 0 Å². The molecule has 5 nitrogen and oxygen atoms in total. The van der Waals surface area contributed by atoms with Crippen LogP contribution >= 0.6 is 28.1 Å². The predicted molar refractivity (Wildman–Crippen MR) is 87.1 cm³/mol. The van der Waals surface area contributed by atoms with Gasteiger partial charge in [-0.25, -0.2) is 4.68 Å². The van der Waals surface area contributed by atoms with Gasteiger partial charge in [-0.1, -0.05) is 28.1 Å². The second-order valence-corrected chi connectivity index (χ2v) is 5.82. The molecule has 2 heterocycles. The summed E-state index contributed by atoms with van der Waals surface area (Å²) < 4.78 is 9.13. The van der Waals surface area contributed by atoms with Gasteiger partial charge >= 0.3 is 0 Å². The van der Waals surface area contributed by atoms with Crippen LogP contribution in [0.2, 0.25) is 0 Å². The molecule has 2 aromatic heterocycles. The van der Waals surface area contributed by atoms with Gasteiger partial charge in [0.2, 0.25) is 4.77 Å². The number of nitrogens with zero attached hydrogens (tertiary/aromatic N) is 2. The molecule has 0 atom stereocenters. The molecule has 0 spiro atoms. The minimum atomic E-state index is 0.533. The molecule has 0 aliphatic carbocycles. The fraction of sp³-hybridized carbons (Fsp3) is 0.143. The predicted octanol–water partition coefficient (Wildman–Crippen LogP) is 4.02. The quantitative estimate of drug-likeness (QED) is 0.686. The van der Waals surface area contributed by atoms with Crippen LogP contribution in [-0.4, -0.2) is 14.9 Å². The van der Waals surface area contributed by atoms with E-state index in [1.54, 1.807) is 4.68 Å². The number of halogens is 1. The summed E-state index contributed by atoms with van der Waals surface area (Å²) in [7, 11) is 0. The van der Waals surface area contributed by atoms with Crippen LogP contribution in [0, 0.1) is 11.7 Å². The number of aromatic amines is 1. The zero-order chi connectivity index (χ0) is 14.8. The molecule has 1 aromatic carbocycles. The van der Waals surface area contributed by atoms with E-state index in [0.29, 0.717) is 11.3 Å². The number of aromatic nitrogens is 3. The molecule has 0 unspecified atom stereocenters. The number of benzene rings is 1. The molecule has 108 valence electrons. The lowest BCUT2D eigenvalue weighted by atomic mass is 10.2. The van der Waals surface area contributed by atoms with Gasteiger partial charge in [0.05, 0.1) is 6.54 Å². The molecule has 0 saturated heterocycles. The fourth-order valence-corrected chi connectivity index (χ4v) is 2.47. The van der Waals surface area contributed by atoms with Gasteiger partial charge in [-0.05, 0) is 43.4 Å². The smallest absolute Gasteiger partial charge is 0.214 e. The first kappa shape index (κ1) is 14.1. The Kier molecular flexibility index (Phi) is 3.94. The Bertz CT molecular complexity index is 803. The Balaban J connectivity index is 1.74. The summed E-state index contributed by atoms with van der Waals surface area (Å²) >= 11 is 8.55. The Morgan fingerprint density at radius 3 is 2.71 bits per heavy atom. The highest BCUT2D eigenvalue weighted by Gasteiger charge is 2.06. The molecule has 0 saturated carbocycles. The minimum absolute atomic E-state index is 0.533. The van der Waals surface area contributed by atoms with Crippen LogP contribution < -0.4 is 5.43 Å². The first-order chi connectivity index (χ1) is 10.1. The molecular weight excluding hydrogens is 352 g/mol. The van der Waals surface area contributed by atoms with Gasteiger partial charge < -0.3 is 9.84 Å². The van der Waals surface area contributed by atoms with Crippen molar-refractivity contribution in [2.45, 2.75) is 13.5 Å². The number of hydrogen-bond donors (Lipinski definition) is 2. The summed E-state index contributed by atoms with van der Waals surface area (Å²) in [6, 6.07) is 11.9. The summed E-state index contributed by atoms with van der Waals surface area (Å²) in [5.41, 5.74) is 4.21. The van der Waals surface area contributed by atoms with E-state index in [0.717, 1.165) is 27.4 Å². The van der Waals surface area contributed by atoms with Gasteiger partial charge in [-0.3, -0.25) is 5.10 Å². The van der Waals surface area contributed by atoms with Crippen molar-refractivity contribution in [1.82, 2.24) is 14.9 Å². The Hall–Kier alpha value is -1.86. The number of furan rings is 1. The third-order valence-corrected chi connectivity index (χ3v) is 3.84. The molecule has 0 radical (unpaired) electrons. The van der Waals surface area contributed by atoms with Gasteiger partial charge in [0.15, 0.2) is 0 Å². The van der Waals surface area contributed by atoms with Gasteiger partial charge in [-0.15, -0.1) is 0 Å². The standard InChI is InChI=1S/C14H13BrN4OS/c1-9-17-18-14(21)19(9)16-8-12-6-7-13(20-12)10-2-4-11(15)5-3-10/h2-7,16H,8H2,1H3,(H,18,21). The maximum Gasteiger partial charge on any atom is 0.214 e. The van der Waals surface area contributed by atoms with Crippen LogP contribution in [0.5, 0.6) is 0 Å². The van der Waals surface area contributed by atoms with E-state index in [1.165, 1.54) is 0 Å². The van der Waals surface area contributed by atoms with E-state index >= 15 is 0 Å². The van der Waals surface area contributed by atoms with Crippen LogP contribution in [0.4, 0.5) is 0 Å². The van der Waals surface area contributed by atoms with Gasteiger partial charge in [0.1, 0.15) is 17.3 Å². The number of hydrogen-bond acceptors (Lipinski definition) is 4. The van der Waals surface area contributed by atoms with E-state index in [1.807, 2.05) is 43.3 Å². The van der Waals surface area contributed by atoms with Crippen molar-refractivity contribution in [3.05, 3.63) is 57.2 Å². The van der Waals surface area contributed by atoms with Crippen molar-refractivity contribution < 1.29 is 4.42 Å². The number of rotatable bonds is 4. The lowest BCUT2D eigenvalue weighted by molar-refractivity contribution is 0.521. The third kappa shape index (κ3) is 3.08. The molecule has 0 amide bonds. The molecule has 3 aromatic rings. The molecule has 3 rings (SSSR count). The topological polar surface area (TPSA) is 58.8 Å². The second kappa shape index (κ2) is 5.87. The summed E-state index contributed by atoms with van der Waals surface area (Å²) in [6.07, 6.45) is 0. The lowest BCUT2D eigenvalue weighted by Crippen LogP contribution is -2.15. The molecule has 0 aliphatic heterocycles. The molecular formula is C14H13BrN4OS. The highest BCUT2D eigenvalue weighted by atomic mass is 79.9. The molecule has 0 aliphatic rings. The zero-order valence-corrected chi connectivity index (χ0v) is 13.7. The van der Waals surface area contributed by atoms with Gasteiger partial charge in [0.25, 0.3) is 0 Å². The second-order valence-electron chi connectivity index (χ2n) is 4.52. The minimum Gasteiger partial charge on any atom is -0.459 e. The van der Waals surface area contributed by atoms with Crippen molar-refractivity contribution in [2.24, 2.45) is 0 Å². The summed E-state index contributed by atoms with van der Waals surface area (Å²) in [4.78, 5) is 0. The first-order valence-corrected chi connectivity index (χ1v) is 7.56. The zero-order valence-electron chi connectivity index (χ0n) is 11.3. The van der Waals surface area contributed by atoms with Crippen LogP contribution in [-0.2, 0) is 6.54 Å². The fourth-order valence-electron chi connectivity index (χ4n) is 1.96. The van der Waals surface area contributed by atoms with Crippen molar-refractivity contribution >= 4 is 28.1 Å². The molecule has 7 heteroatoms. The highest BCUT2D eigenvalue weighted by Crippen LogP contribution is 2.24. The Morgan fingerprint density at radius 1 is 1.29 bits per heavy atom. The maximum absolute atomic E-state index is 5.83. The monoisotopic (exact) mass is 364 g/mol. The third-order valence-electron chi connectivity index (χ3n) is 3.04. The molecule has 0 bridgehead atoms. The van der Waals surface area contributed by atoms with E-state index in [-0.39, 0.29) is 0 Å².